The van der Waals surface area contributed by atoms with Crippen LogP contribution in [0.15, 0.2) is 28.9 Å². The fraction of sp³-hybridized carbons (Fsp3) is 0.500. The van der Waals surface area contributed by atoms with Crippen molar-refractivity contribution in [3.63, 3.8) is 0 Å². The van der Waals surface area contributed by atoms with Gasteiger partial charge in [0, 0.05) is 12.1 Å². The second kappa shape index (κ2) is 8.06. The quantitative estimate of drug-likeness (QED) is 0.914. The first kappa shape index (κ1) is 16.6. The lowest BCUT2D eigenvalue weighted by Gasteiger charge is -2.20. The molecule has 2 aromatic rings. The van der Waals surface area contributed by atoms with Gasteiger partial charge in [0.05, 0.1) is 6.54 Å². The lowest BCUT2D eigenvalue weighted by molar-refractivity contribution is 0.0950. The molecule has 1 aliphatic rings. The maximum Gasteiger partial charge on any atom is 0.251 e. The molecule has 1 N–H and O–H groups in total. The Morgan fingerprint density at radius 3 is 2.71 bits per heavy atom. The van der Waals surface area contributed by atoms with Gasteiger partial charge < -0.3 is 5.32 Å². The molecule has 24 heavy (non-hydrogen) atoms. The maximum absolute atomic E-state index is 12.3. The first-order valence-corrected chi connectivity index (χ1v) is 8.60. The summed E-state index contributed by atoms with van der Waals surface area (Å²) >= 11 is 0. The minimum absolute atomic E-state index is 0.102. The highest BCUT2D eigenvalue weighted by atomic mass is 16.6. The molecule has 3 rings (SSSR count). The van der Waals surface area contributed by atoms with Gasteiger partial charge >= 0.3 is 0 Å². The number of nitrogens with zero attached hydrogens (tertiary/aromatic N) is 3. The zero-order valence-electron chi connectivity index (χ0n) is 14.1. The number of aryl methyl sites for hydroxylation is 1. The van der Waals surface area contributed by atoms with Crippen molar-refractivity contribution in [2.24, 2.45) is 0 Å². The average molecular weight is 328 g/mol. The number of carbonyl (C=O) groups is 1. The van der Waals surface area contributed by atoms with Crippen LogP contribution < -0.4 is 5.32 Å². The molecule has 0 radical (unpaired) electrons. The van der Waals surface area contributed by atoms with E-state index >= 15 is 0 Å². The summed E-state index contributed by atoms with van der Waals surface area (Å²) in [6.45, 7) is 5.33. The van der Waals surface area contributed by atoms with E-state index in [9.17, 15) is 4.79 Å². The molecule has 0 atom stereocenters. The normalized spacial score (nSPS) is 15.9. The van der Waals surface area contributed by atoms with Crippen LogP contribution in [0.2, 0.25) is 0 Å². The minimum atomic E-state index is -0.102. The first-order chi connectivity index (χ1) is 11.7. The van der Waals surface area contributed by atoms with Crippen LogP contribution in [0.25, 0.3) is 0 Å². The summed E-state index contributed by atoms with van der Waals surface area (Å²) in [5.41, 5.74) is 3.22. The summed E-state index contributed by atoms with van der Waals surface area (Å²) in [4.78, 5) is 14.8. The third kappa shape index (κ3) is 4.41. The smallest absolute Gasteiger partial charge is 0.251 e. The molecule has 0 spiro atoms. The van der Waals surface area contributed by atoms with Crippen molar-refractivity contribution in [2.45, 2.75) is 45.7 Å². The Balaban J connectivity index is 1.59. The van der Waals surface area contributed by atoms with Gasteiger partial charge in [-0.15, -0.1) is 0 Å². The monoisotopic (exact) mass is 328 g/mol. The number of hydrogen-bond donors (Lipinski definition) is 1. The van der Waals surface area contributed by atoms with E-state index in [2.05, 4.69) is 31.2 Å². The van der Waals surface area contributed by atoms with Gasteiger partial charge in [-0.25, -0.2) is 4.63 Å². The van der Waals surface area contributed by atoms with E-state index in [-0.39, 0.29) is 5.91 Å². The van der Waals surface area contributed by atoms with E-state index in [4.69, 9.17) is 0 Å². The van der Waals surface area contributed by atoms with Gasteiger partial charge in [-0.1, -0.05) is 35.3 Å². The third-order valence-electron chi connectivity index (χ3n) is 4.46. The van der Waals surface area contributed by atoms with Crippen LogP contribution in [0, 0.1) is 6.92 Å². The number of amides is 1. The number of nitrogens with one attached hydrogen (secondary N) is 1. The predicted octanol–water partition coefficient (Wildman–Crippen LogP) is 2.68. The summed E-state index contributed by atoms with van der Waals surface area (Å²) in [6, 6.07) is 7.86. The van der Waals surface area contributed by atoms with E-state index in [1.165, 1.54) is 31.2 Å². The zero-order valence-corrected chi connectivity index (χ0v) is 14.1. The molecule has 1 aliphatic heterocycles. The molecule has 1 saturated heterocycles. The van der Waals surface area contributed by atoms with Gasteiger partial charge in [-0.3, -0.25) is 9.69 Å². The Morgan fingerprint density at radius 1 is 1.21 bits per heavy atom. The molecule has 1 aromatic heterocycles. The van der Waals surface area contributed by atoms with Crippen LogP contribution in [-0.2, 0) is 13.1 Å². The second-order valence-electron chi connectivity index (χ2n) is 6.37. The lowest BCUT2D eigenvalue weighted by Crippen LogP contribution is -2.25. The molecule has 6 heteroatoms. The fourth-order valence-electron chi connectivity index (χ4n) is 3.04. The number of carbonyl (C=O) groups excluding carboxylic acids is 1. The highest BCUT2D eigenvalue weighted by Crippen LogP contribution is 2.14. The Morgan fingerprint density at radius 2 is 2.00 bits per heavy atom. The second-order valence-corrected chi connectivity index (χ2v) is 6.37. The van der Waals surface area contributed by atoms with Crippen molar-refractivity contribution >= 4 is 5.91 Å². The van der Waals surface area contributed by atoms with E-state index in [1.807, 2.05) is 18.2 Å². The molecule has 0 unspecified atom stereocenters. The molecule has 1 fully saturated rings. The third-order valence-corrected chi connectivity index (χ3v) is 4.46. The van der Waals surface area contributed by atoms with E-state index < -0.39 is 0 Å². The Kier molecular flexibility index (Phi) is 5.59. The molecule has 0 saturated carbocycles. The first-order valence-electron chi connectivity index (χ1n) is 8.60. The number of likely N-dealkylation sites (tertiary alicyclic amines) is 1. The lowest BCUT2D eigenvalue weighted by atomic mass is 10.1. The van der Waals surface area contributed by atoms with Crippen LogP contribution in [0.5, 0.6) is 0 Å². The van der Waals surface area contributed by atoms with Gasteiger partial charge in [0.15, 0.2) is 0 Å². The maximum atomic E-state index is 12.3. The van der Waals surface area contributed by atoms with Crippen molar-refractivity contribution in [2.75, 3.05) is 13.1 Å². The zero-order chi connectivity index (χ0) is 16.8. The predicted molar refractivity (Wildman–Crippen MR) is 90.4 cm³/mol. The van der Waals surface area contributed by atoms with Gasteiger partial charge in [0.2, 0.25) is 0 Å². The fourth-order valence-corrected chi connectivity index (χ4v) is 3.04. The van der Waals surface area contributed by atoms with E-state index in [1.54, 1.807) is 6.92 Å². The van der Waals surface area contributed by atoms with E-state index in [0.717, 1.165) is 19.6 Å². The molecular weight excluding hydrogens is 304 g/mol. The summed E-state index contributed by atoms with van der Waals surface area (Å²) < 4.78 is 4.64. The number of aromatic nitrogens is 2. The highest BCUT2D eigenvalue weighted by Gasteiger charge is 2.12. The SMILES string of the molecule is Cc1nonc1CNC(=O)c1cccc(CN2CCCCCC2)c1. The topological polar surface area (TPSA) is 71.3 Å². The van der Waals surface area contributed by atoms with Crippen molar-refractivity contribution in [1.82, 2.24) is 20.5 Å². The Hall–Kier alpha value is -2.21. The standard InChI is InChI=1S/C18H24N4O2/c1-14-17(21-24-20-14)12-19-18(23)16-8-6-7-15(11-16)13-22-9-4-2-3-5-10-22/h6-8,11H,2-5,9-10,12-13H2,1H3,(H,19,23). The molecule has 1 aromatic carbocycles. The molecule has 2 heterocycles. The molecule has 0 aliphatic carbocycles. The van der Waals surface area contributed by atoms with Crippen LogP contribution in [0.1, 0.15) is 53.0 Å². The largest absolute Gasteiger partial charge is 0.346 e. The summed E-state index contributed by atoms with van der Waals surface area (Å²) in [5, 5.41) is 10.4. The minimum Gasteiger partial charge on any atom is -0.346 e. The highest BCUT2D eigenvalue weighted by molar-refractivity contribution is 5.94. The van der Waals surface area contributed by atoms with Crippen molar-refractivity contribution < 1.29 is 9.42 Å². The van der Waals surface area contributed by atoms with Gasteiger partial charge in [0.1, 0.15) is 11.4 Å². The van der Waals surface area contributed by atoms with Gasteiger partial charge in [-0.2, -0.15) is 0 Å². The summed E-state index contributed by atoms with van der Waals surface area (Å²) in [5.74, 6) is -0.102. The van der Waals surface area contributed by atoms with Crippen LogP contribution >= 0.6 is 0 Å². The number of benzene rings is 1. The molecule has 128 valence electrons. The molecule has 1 amide bonds. The summed E-state index contributed by atoms with van der Waals surface area (Å²) in [7, 11) is 0. The number of hydrogen-bond acceptors (Lipinski definition) is 5. The van der Waals surface area contributed by atoms with Crippen LogP contribution in [-0.4, -0.2) is 34.2 Å². The van der Waals surface area contributed by atoms with Crippen molar-refractivity contribution in [3.05, 3.63) is 46.8 Å². The van der Waals surface area contributed by atoms with Crippen molar-refractivity contribution in [1.29, 1.82) is 0 Å². The van der Waals surface area contributed by atoms with Crippen LogP contribution in [0.3, 0.4) is 0 Å². The van der Waals surface area contributed by atoms with Gasteiger partial charge in [0.25, 0.3) is 5.91 Å². The molecule has 6 nitrogen and oxygen atoms in total. The molecular formula is C18H24N4O2. The van der Waals surface area contributed by atoms with Crippen LogP contribution in [0.4, 0.5) is 0 Å². The Bertz CT molecular complexity index is 675. The van der Waals surface area contributed by atoms with Crippen molar-refractivity contribution in [3.8, 4) is 0 Å². The Labute approximate surface area is 142 Å². The average Bonchev–Trinajstić information content (AvgIpc) is 2.83. The summed E-state index contributed by atoms with van der Waals surface area (Å²) in [6.07, 6.45) is 5.20. The van der Waals surface area contributed by atoms with E-state index in [0.29, 0.717) is 23.5 Å². The molecule has 0 bridgehead atoms. The van der Waals surface area contributed by atoms with Gasteiger partial charge in [-0.05, 0) is 50.6 Å². The number of rotatable bonds is 5.